The zero-order chi connectivity index (χ0) is 42.4. The average molecular weight is 840 g/mol. The maximum Gasteiger partial charge on any atom is 0.351 e. The molecule has 17 heteroatoms. The van der Waals surface area contributed by atoms with Crippen LogP contribution in [0.2, 0.25) is 0 Å². The van der Waals surface area contributed by atoms with E-state index in [-0.39, 0.29) is 38.3 Å². The molecule has 316 valence electrons. The molecule has 0 spiro atoms. The molecule has 2 aliphatic rings. The van der Waals surface area contributed by atoms with Crippen molar-refractivity contribution in [2.75, 3.05) is 34.0 Å². The fourth-order valence-electron chi connectivity index (χ4n) is 7.74. The molecule has 0 aliphatic carbocycles. The van der Waals surface area contributed by atoms with Crippen LogP contribution in [0.1, 0.15) is 62.6 Å². The molecule has 2 aliphatic heterocycles. The van der Waals surface area contributed by atoms with Gasteiger partial charge in [-0.15, -0.1) is 0 Å². The molecule has 1 unspecified atom stereocenters. The van der Waals surface area contributed by atoms with Gasteiger partial charge in [0.15, 0.2) is 17.6 Å². The highest BCUT2D eigenvalue weighted by Gasteiger charge is 2.65. The molecule has 5 atom stereocenters. The largest absolute Gasteiger partial charge is 0.497 e. The van der Waals surface area contributed by atoms with E-state index < -0.39 is 43.9 Å². The first-order valence-electron chi connectivity index (χ1n) is 19.7. The van der Waals surface area contributed by atoms with Crippen LogP contribution in [0.5, 0.6) is 11.5 Å². The number of hydrogen-bond donors (Lipinski definition) is 0. The molecule has 2 fully saturated rings. The Bertz CT molecular complexity index is 2220. The highest BCUT2D eigenvalue weighted by Crippen LogP contribution is 2.55. The predicted octanol–water partition coefficient (Wildman–Crippen LogP) is 6.42. The fraction of sp³-hybridized carbons (Fsp3) is 0.419. The van der Waals surface area contributed by atoms with Crippen molar-refractivity contribution in [3.8, 4) is 23.4 Å². The number of aryl methyl sites for hydroxylation is 1. The minimum absolute atomic E-state index is 0.0182. The van der Waals surface area contributed by atoms with E-state index >= 15 is 0 Å². The molecule has 16 nitrogen and oxygen atoms in total. The molecule has 2 aromatic heterocycles. The second kappa shape index (κ2) is 18.7. The van der Waals surface area contributed by atoms with Crippen LogP contribution in [0.3, 0.4) is 0 Å². The van der Waals surface area contributed by atoms with Crippen LogP contribution in [0.4, 0.5) is 0 Å². The standard InChI is InChI=1S/C43H50N7O9P/c1-29(2)50(30(3)4)60(56-23-11-22-44)58-38-37-40(48-24-31(5)39(47-41(48)51)49-28-45-27-46-49)57-42(38,25-54-37)26-55-59-43(32-12-9-8-10-13-32,33-14-18-35(52-6)19-15-33)34-16-20-36(53-7)21-17-34/h8-10,12-21,24,27-30,37-38,40H,11,23,25-26H2,1-7H3/t37-,38+,40-,42-,60?/m1/s1. The SMILES string of the molecule is COc1ccc(C(OOC[C@@]23CO[C@@H]([C@H](n4cc(C)c(-n5cncn5)nc4=O)O2)[C@@H]3OP(OCCC#N)N(C(C)C)C(C)C)(c2ccccc2)c2ccc(OC)cc2)cc1. The van der Waals surface area contributed by atoms with E-state index in [1.165, 1.54) is 21.9 Å². The van der Waals surface area contributed by atoms with E-state index in [9.17, 15) is 10.1 Å². The van der Waals surface area contributed by atoms with Gasteiger partial charge in [0.05, 0.1) is 39.9 Å². The molecule has 0 amide bonds. The molecule has 3 aromatic carbocycles. The van der Waals surface area contributed by atoms with Gasteiger partial charge in [-0.2, -0.15) is 15.3 Å². The highest BCUT2D eigenvalue weighted by atomic mass is 31.2. The van der Waals surface area contributed by atoms with Crippen molar-refractivity contribution in [2.24, 2.45) is 0 Å². The lowest BCUT2D eigenvalue weighted by Gasteiger charge is -2.39. The third-order valence-corrected chi connectivity index (χ3v) is 12.6. The summed E-state index contributed by atoms with van der Waals surface area (Å²) in [6, 6.07) is 27.2. The number of rotatable bonds is 19. The van der Waals surface area contributed by atoms with Crippen LogP contribution in [0.15, 0.2) is 103 Å². The maximum absolute atomic E-state index is 13.8. The molecule has 2 bridgehead atoms. The van der Waals surface area contributed by atoms with E-state index in [2.05, 4.69) is 53.5 Å². The van der Waals surface area contributed by atoms with Crippen LogP contribution in [0, 0.1) is 18.3 Å². The Morgan fingerprint density at radius 1 is 0.967 bits per heavy atom. The van der Waals surface area contributed by atoms with Gasteiger partial charge in [0.2, 0.25) is 0 Å². The van der Waals surface area contributed by atoms with Gasteiger partial charge in [-0.3, -0.25) is 4.57 Å². The molecule has 0 saturated carbocycles. The number of nitrogens with zero attached hydrogens (tertiary/aromatic N) is 7. The number of benzene rings is 3. The first-order chi connectivity index (χ1) is 29.0. The maximum atomic E-state index is 13.8. The van der Waals surface area contributed by atoms with Crippen LogP contribution < -0.4 is 15.2 Å². The minimum Gasteiger partial charge on any atom is -0.497 e. The van der Waals surface area contributed by atoms with E-state index in [4.69, 9.17) is 37.8 Å². The summed E-state index contributed by atoms with van der Waals surface area (Å²) in [5, 5.41) is 13.6. The van der Waals surface area contributed by atoms with Gasteiger partial charge in [-0.25, -0.2) is 28.9 Å². The van der Waals surface area contributed by atoms with E-state index in [1.807, 2.05) is 85.8 Å². The zero-order valence-corrected chi connectivity index (χ0v) is 35.6. The lowest BCUT2D eigenvalue weighted by molar-refractivity contribution is -0.368. The minimum atomic E-state index is -1.78. The average Bonchev–Trinajstić information content (AvgIpc) is 3.99. The van der Waals surface area contributed by atoms with Gasteiger partial charge < -0.3 is 28.0 Å². The Hall–Kier alpha value is -5.08. The van der Waals surface area contributed by atoms with Crippen LogP contribution >= 0.6 is 8.53 Å². The molecule has 0 radical (unpaired) electrons. The Morgan fingerprint density at radius 3 is 2.17 bits per heavy atom. The molecule has 5 aromatic rings. The van der Waals surface area contributed by atoms with Crippen molar-refractivity contribution >= 4 is 8.53 Å². The number of nitriles is 1. The summed E-state index contributed by atoms with van der Waals surface area (Å²) >= 11 is 0. The van der Waals surface area contributed by atoms with Gasteiger partial charge in [0, 0.05) is 23.8 Å². The Labute approximate surface area is 350 Å². The number of hydrogen-bond acceptors (Lipinski definition) is 14. The van der Waals surface area contributed by atoms with E-state index in [0.717, 1.165) is 16.7 Å². The Balaban J connectivity index is 1.29. The zero-order valence-electron chi connectivity index (χ0n) is 34.7. The van der Waals surface area contributed by atoms with Crippen molar-refractivity contribution in [3.63, 3.8) is 0 Å². The topological polar surface area (TPSA) is 166 Å². The summed E-state index contributed by atoms with van der Waals surface area (Å²) in [4.78, 5) is 35.5. The van der Waals surface area contributed by atoms with Crippen molar-refractivity contribution in [1.82, 2.24) is 29.0 Å². The van der Waals surface area contributed by atoms with Gasteiger partial charge >= 0.3 is 5.69 Å². The monoisotopic (exact) mass is 839 g/mol. The van der Waals surface area contributed by atoms with Gasteiger partial charge in [0.25, 0.3) is 8.53 Å². The molecule has 7 rings (SSSR count). The summed E-state index contributed by atoms with van der Waals surface area (Å²) in [7, 11) is 1.45. The normalized spacial score (nSPS) is 20.5. The quantitative estimate of drug-likeness (QED) is 0.0294. The third kappa shape index (κ3) is 8.45. The van der Waals surface area contributed by atoms with E-state index in [1.54, 1.807) is 20.4 Å². The van der Waals surface area contributed by atoms with Crippen LogP contribution in [-0.4, -0.2) is 92.9 Å². The number of methoxy groups -OCH3 is 2. The lowest BCUT2D eigenvalue weighted by Crippen LogP contribution is -2.48. The number of aromatic nitrogens is 5. The smallest absolute Gasteiger partial charge is 0.351 e. The number of ether oxygens (including phenoxy) is 4. The second-order valence-electron chi connectivity index (χ2n) is 15.0. The van der Waals surface area contributed by atoms with Crippen molar-refractivity contribution in [2.45, 2.75) is 82.8 Å². The molecular formula is C43H50N7O9P. The summed E-state index contributed by atoms with van der Waals surface area (Å²) in [6.45, 7) is 10.1. The Morgan fingerprint density at radius 2 is 1.60 bits per heavy atom. The summed E-state index contributed by atoms with van der Waals surface area (Å²) < 4.78 is 42.8. The predicted molar refractivity (Wildman–Crippen MR) is 220 cm³/mol. The van der Waals surface area contributed by atoms with Crippen LogP contribution in [0.25, 0.3) is 5.82 Å². The molecular weight excluding hydrogens is 789 g/mol. The van der Waals surface area contributed by atoms with Crippen molar-refractivity contribution in [1.29, 1.82) is 5.26 Å². The van der Waals surface area contributed by atoms with Gasteiger partial charge in [0.1, 0.15) is 48.6 Å². The van der Waals surface area contributed by atoms with E-state index in [0.29, 0.717) is 22.9 Å². The molecule has 4 heterocycles. The summed E-state index contributed by atoms with van der Waals surface area (Å²) in [5.41, 5.74) is -0.246. The van der Waals surface area contributed by atoms with Gasteiger partial charge in [-0.05, 0) is 75.6 Å². The second-order valence-corrected chi connectivity index (χ2v) is 16.5. The number of fused-ring (bicyclic) bond motifs is 2. The first kappa shape index (κ1) is 43.0. The Kier molecular flexibility index (Phi) is 13.4. The van der Waals surface area contributed by atoms with Crippen molar-refractivity contribution in [3.05, 3.63) is 130 Å². The summed E-state index contributed by atoms with van der Waals surface area (Å²) in [5.74, 6) is 1.69. The highest BCUT2D eigenvalue weighted by molar-refractivity contribution is 7.44. The molecule has 2 saturated heterocycles. The van der Waals surface area contributed by atoms with Gasteiger partial charge in [-0.1, -0.05) is 54.6 Å². The summed E-state index contributed by atoms with van der Waals surface area (Å²) in [6.07, 6.45) is 2.10. The molecule has 60 heavy (non-hydrogen) atoms. The van der Waals surface area contributed by atoms with Crippen LogP contribution in [-0.2, 0) is 33.9 Å². The third-order valence-electron chi connectivity index (χ3n) is 10.5. The first-order valence-corrected chi connectivity index (χ1v) is 20.8. The molecule has 0 N–H and O–H groups in total. The fourth-order valence-corrected chi connectivity index (χ4v) is 9.55. The van der Waals surface area contributed by atoms with Crippen molar-refractivity contribution < 1.29 is 37.8 Å². The lowest BCUT2D eigenvalue weighted by atomic mass is 9.80.